The Bertz CT molecular complexity index is 666. The number of amides is 2. The van der Waals surface area contributed by atoms with Crippen LogP contribution in [0.25, 0.3) is 0 Å². The number of carbonyl (C=O) groups excluding carboxylic acids is 2. The lowest BCUT2D eigenvalue weighted by Crippen LogP contribution is -2.38. The maximum atomic E-state index is 12.1. The number of aliphatic hydroxyl groups is 1. The average molecular weight is 334 g/mol. The van der Waals surface area contributed by atoms with Gasteiger partial charge in [-0.2, -0.15) is 11.3 Å². The molecule has 1 heterocycles. The molecule has 0 radical (unpaired) electrons. The molecule has 2 aromatic rings. The highest BCUT2D eigenvalue weighted by Gasteiger charge is 2.24. The van der Waals surface area contributed by atoms with Crippen LogP contribution in [0, 0.1) is 0 Å². The number of ether oxygens (including phenoxy) is 1. The number of nitrogens with two attached hydrogens (primary N) is 1. The average Bonchev–Trinajstić information content (AvgIpc) is 3.06. The van der Waals surface area contributed by atoms with Gasteiger partial charge in [-0.3, -0.25) is 9.59 Å². The summed E-state index contributed by atoms with van der Waals surface area (Å²) in [7, 11) is 0. The van der Waals surface area contributed by atoms with E-state index in [-0.39, 0.29) is 19.1 Å². The zero-order valence-corrected chi connectivity index (χ0v) is 13.4. The van der Waals surface area contributed by atoms with Crippen molar-refractivity contribution in [3.05, 3.63) is 52.2 Å². The Kier molecular flexibility index (Phi) is 5.36. The standard InChI is InChI=1S/C16H18N2O4S/c1-16(21,12-6-7-23-9-12)10-18-15(20)11-2-4-13(5-3-11)22-8-14(17)19/h2-7,9,21H,8,10H2,1H3,(H2,17,19)(H,18,20)/t16-/m1/s1. The van der Waals surface area contributed by atoms with Gasteiger partial charge in [-0.1, -0.05) is 0 Å². The molecule has 0 saturated carbocycles. The fourth-order valence-electron chi connectivity index (χ4n) is 1.88. The van der Waals surface area contributed by atoms with E-state index in [1.807, 2.05) is 16.8 Å². The third-order valence-electron chi connectivity index (χ3n) is 3.23. The normalized spacial score (nSPS) is 13.1. The minimum Gasteiger partial charge on any atom is -0.484 e. The molecule has 0 saturated heterocycles. The Hall–Kier alpha value is -2.38. The molecule has 2 rings (SSSR count). The van der Waals surface area contributed by atoms with Crippen molar-refractivity contribution >= 4 is 23.2 Å². The fourth-order valence-corrected chi connectivity index (χ4v) is 2.67. The molecule has 7 heteroatoms. The highest BCUT2D eigenvalue weighted by Crippen LogP contribution is 2.22. The van der Waals surface area contributed by atoms with Crippen LogP contribution in [0.5, 0.6) is 5.75 Å². The summed E-state index contributed by atoms with van der Waals surface area (Å²) in [5.41, 5.74) is 5.05. The van der Waals surface area contributed by atoms with Gasteiger partial charge in [-0.25, -0.2) is 0 Å². The number of nitrogens with one attached hydrogen (secondary N) is 1. The first-order valence-corrected chi connectivity index (χ1v) is 7.87. The largest absolute Gasteiger partial charge is 0.484 e. The molecule has 0 bridgehead atoms. The van der Waals surface area contributed by atoms with Crippen molar-refractivity contribution in [2.45, 2.75) is 12.5 Å². The van der Waals surface area contributed by atoms with Gasteiger partial charge in [0.15, 0.2) is 6.61 Å². The van der Waals surface area contributed by atoms with Crippen molar-refractivity contribution in [2.75, 3.05) is 13.2 Å². The van der Waals surface area contributed by atoms with E-state index in [9.17, 15) is 14.7 Å². The van der Waals surface area contributed by atoms with E-state index in [4.69, 9.17) is 10.5 Å². The van der Waals surface area contributed by atoms with Gasteiger partial charge in [-0.15, -0.1) is 0 Å². The second-order valence-corrected chi connectivity index (χ2v) is 6.03. The van der Waals surface area contributed by atoms with E-state index in [2.05, 4.69) is 5.32 Å². The third kappa shape index (κ3) is 4.80. The van der Waals surface area contributed by atoms with Crippen LogP contribution >= 0.6 is 11.3 Å². The molecule has 1 aromatic heterocycles. The van der Waals surface area contributed by atoms with Gasteiger partial charge < -0.3 is 20.9 Å². The zero-order chi connectivity index (χ0) is 16.9. The summed E-state index contributed by atoms with van der Waals surface area (Å²) in [5.74, 6) is -0.421. The minimum absolute atomic E-state index is 0.0997. The van der Waals surface area contributed by atoms with Crippen molar-refractivity contribution in [3.8, 4) is 5.75 Å². The van der Waals surface area contributed by atoms with Gasteiger partial charge in [0.2, 0.25) is 0 Å². The zero-order valence-electron chi connectivity index (χ0n) is 12.6. The van der Waals surface area contributed by atoms with Crippen molar-refractivity contribution in [1.29, 1.82) is 0 Å². The lowest BCUT2D eigenvalue weighted by molar-refractivity contribution is -0.119. The summed E-state index contributed by atoms with van der Waals surface area (Å²) in [5, 5.41) is 16.8. The molecule has 0 aliphatic rings. The highest BCUT2D eigenvalue weighted by molar-refractivity contribution is 7.08. The first-order valence-electron chi connectivity index (χ1n) is 6.93. The van der Waals surface area contributed by atoms with E-state index in [0.29, 0.717) is 11.3 Å². The first-order chi connectivity index (χ1) is 10.9. The highest BCUT2D eigenvalue weighted by atomic mass is 32.1. The number of hydrogen-bond donors (Lipinski definition) is 3. The van der Waals surface area contributed by atoms with Gasteiger partial charge in [0, 0.05) is 5.56 Å². The number of hydrogen-bond acceptors (Lipinski definition) is 5. The molecule has 1 atom stereocenters. The third-order valence-corrected chi connectivity index (χ3v) is 3.92. The van der Waals surface area contributed by atoms with Crippen LogP contribution in [0.4, 0.5) is 0 Å². The molecule has 4 N–H and O–H groups in total. The van der Waals surface area contributed by atoms with Gasteiger partial charge in [0.1, 0.15) is 11.4 Å². The molecule has 6 nitrogen and oxygen atoms in total. The van der Waals surface area contributed by atoms with Crippen molar-refractivity contribution in [3.63, 3.8) is 0 Å². The Morgan fingerprint density at radius 1 is 1.30 bits per heavy atom. The van der Waals surface area contributed by atoms with Crippen LogP contribution in [0.3, 0.4) is 0 Å². The van der Waals surface area contributed by atoms with Crippen molar-refractivity contribution in [1.82, 2.24) is 5.32 Å². The summed E-state index contributed by atoms with van der Waals surface area (Å²) >= 11 is 1.49. The number of rotatable bonds is 7. The molecule has 2 amide bonds. The van der Waals surface area contributed by atoms with Gasteiger partial charge in [0.05, 0.1) is 6.54 Å². The van der Waals surface area contributed by atoms with E-state index < -0.39 is 11.5 Å². The first kappa shape index (κ1) is 17.0. The van der Waals surface area contributed by atoms with E-state index >= 15 is 0 Å². The molecular formula is C16H18N2O4S. The van der Waals surface area contributed by atoms with Crippen LogP contribution in [-0.4, -0.2) is 30.1 Å². The molecule has 0 spiro atoms. The molecule has 0 unspecified atom stereocenters. The topological polar surface area (TPSA) is 102 Å². The van der Waals surface area contributed by atoms with Crippen LogP contribution in [0.2, 0.25) is 0 Å². The number of thiophene rings is 1. The molecule has 1 aromatic carbocycles. The summed E-state index contributed by atoms with van der Waals surface area (Å²) in [6, 6.07) is 8.13. The van der Waals surface area contributed by atoms with Gasteiger partial charge >= 0.3 is 0 Å². The maximum Gasteiger partial charge on any atom is 0.255 e. The van der Waals surface area contributed by atoms with E-state index in [1.54, 1.807) is 31.2 Å². The quantitative estimate of drug-likeness (QED) is 0.709. The fraction of sp³-hybridized carbons (Fsp3) is 0.250. The van der Waals surface area contributed by atoms with Gasteiger partial charge in [0.25, 0.3) is 11.8 Å². The summed E-state index contributed by atoms with van der Waals surface area (Å²) < 4.78 is 5.12. The minimum atomic E-state index is -1.12. The Balaban J connectivity index is 1.92. The predicted octanol–water partition coefficient (Wildman–Crippen LogP) is 1.25. The van der Waals surface area contributed by atoms with Crippen LogP contribution in [-0.2, 0) is 10.4 Å². The molecule has 0 aliphatic carbocycles. The van der Waals surface area contributed by atoms with Crippen LogP contribution in [0.1, 0.15) is 22.8 Å². The van der Waals surface area contributed by atoms with Crippen molar-refractivity contribution in [2.24, 2.45) is 5.73 Å². The van der Waals surface area contributed by atoms with E-state index in [1.165, 1.54) is 11.3 Å². The molecule has 0 fully saturated rings. The SMILES string of the molecule is C[C@@](O)(CNC(=O)c1ccc(OCC(N)=O)cc1)c1ccsc1. The van der Waals surface area contributed by atoms with Gasteiger partial charge in [-0.05, 0) is 53.6 Å². The second-order valence-electron chi connectivity index (χ2n) is 5.25. The van der Waals surface area contributed by atoms with Crippen LogP contribution in [0.15, 0.2) is 41.1 Å². The molecular weight excluding hydrogens is 316 g/mol. The lowest BCUT2D eigenvalue weighted by Gasteiger charge is -2.22. The smallest absolute Gasteiger partial charge is 0.255 e. The number of benzene rings is 1. The summed E-state index contributed by atoms with van der Waals surface area (Å²) in [6.07, 6.45) is 0. The maximum absolute atomic E-state index is 12.1. The number of carbonyl (C=O) groups is 2. The predicted molar refractivity (Wildman–Crippen MR) is 87.4 cm³/mol. The Morgan fingerprint density at radius 3 is 2.57 bits per heavy atom. The lowest BCUT2D eigenvalue weighted by atomic mass is 9.99. The van der Waals surface area contributed by atoms with E-state index in [0.717, 1.165) is 5.56 Å². The van der Waals surface area contributed by atoms with Crippen LogP contribution < -0.4 is 15.8 Å². The Labute approximate surface area is 137 Å². The second kappa shape index (κ2) is 7.26. The molecule has 23 heavy (non-hydrogen) atoms. The Morgan fingerprint density at radius 2 is 2.00 bits per heavy atom. The summed E-state index contributed by atoms with van der Waals surface area (Å²) in [4.78, 5) is 22.7. The molecule has 122 valence electrons. The monoisotopic (exact) mass is 334 g/mol. The van der Waals surface area contributed by atoms with Crippen molar-refractivity contribution < 1.29 is 19.4 Å². The summed E-state index contributed by atoms with van der Waals surface area (Å²) in [6.45, 7) is 1.54. The number of primary amides is 1. The molecule has 0 aliphatic heterocycles.